The summed E-state index contributed by atoms with van der Waals surface area (Å²) in [6.07, 6.45) is -1.27. The van der Waals surface area contributed by atoms with Gasteiger partial charge in [-0.2, -0.15) is 12.6 Å². The van der Waals surface area contributed by atoms with Crippen LogP contribution in [-0.4, -0.2) is 75.7 Å². The summed E-state index contributed by atoms with van der Waals surface area (Å²) in [5, 5.41) is 24.5. The summed E-state index contributed by atoms with van der Waals surface area (Å²) in [5.41, 5.74) is 10.7. The molecule has 0 aliphatic carbocycles. The molecule has 0 aromatic carbocycles. The highest BCUT2D eigenvalue weighted by Crippen LogP contribution is 2.04. The van der Waals surface area contributed by atoms with Crippen LogP contribution in [0.15, 0.2) is 0 Å². The summed E-state index contributed by atoms with van der Waals surface area (Å²) >= 11 is 3.97. The summed E-state index contributed by atoms with van der Waals surface area (Å²) < 4.78 is 0. The quantitative estimate of drug-likeness (QED) is 0.124. The molecule has 4 amide bonds. The van der Waals surface area contributed by atoms with Crippen LogP contribution < -0.4 is 27.4 Å². The van der Waals surface area contributed by atoms with E-state index in [-0.39, 0.29) is 11.7 Å². The molecule has 0 aliphatic heterocycles. The summed E-state index contributed by atoms with van der Waals surface area (Å²) in [6.45, 7) is 3.71. The van der Waals surface area contributed by atoms with E-state index < -0.39 is 72.6 Å². The molecule has 176 valence electrons. The van der Waals surface area contributed by atoms with E-state index in [1.54, 1.807) is 0 Å². The Labute approximate surface area is 184 Å². The number of nitrogens with one attached hydrogen (secondary N) is 3. The van der Waals surface area contributed by atoms with Gasteiger partial charge in [-0.05, 0) is 12.3 Å². The third kappa shape index (κ3) is 11.2. The third-order valence-electron chi connectivity index (χ3n) is 3.91. The van der Waals surface area contributed by atoms with Gasteiger partial charge >= 0.3 is 11.9 Å². The van der Waals surface area contributed by atoms with Gasteiger partial charge in [0.05, 0.1) is 18.9 Å². The Morgan fingerprint density at radius 3 is 1.74 bits per heavy atom. The maximum atomic E-state index is 12.5. The molecule has 0 aromatic heterocycles. The average Bonchev–Trinajstić information content (AvgIpc) is 2.62. The molecule has 0 aliphatic rings. The molecule has 0 spiro atoms. The number of carbonyl (C=O) groups excluding carboxylic acids is 4. The van der Waals surface area contributed by atoms with Crippen molar-refractivity contribution >= 4 is 48.2 Å². The Morgan fingerprint density at radius 1 is 0.839 bits per heavy atom. The molecule has 31 heavy (non-hydrogen) atoms. The number of carboxylic acid groups (broad SMARTS) is 2. The molecular weight excluding hydrogens is 434 g/mol. The van der Waals surface area contributed by atoms with E-state index in [4.69, 9.17) is 21.7 Å². The van der Waals surface area contributed by atoms with Gasteiger partial charge in [-0.15, -0.1) is 0 Å². The first kappa shape index (κ1) is 28.1. The van der Waals surface area contributed by atoms with Crippen molar-refractivity contribution < 1.29 is 39.0 Å². The number of thiol groups is 1. The predicted molar refractivity (Wildman–Crippen MR) is 111 cm³/mol. The third-order valence-corrected chi connectivity index (χ3v) is 4.27. The second-order valence-electron chi connectivity index (χ2n) is 7.21. The lowest BCUT2D eigenvalue weighted by Crippen LogP contribution is -2.58. The summed E-state index contributed by atoms with van der Waals surface area (Å²) in [7, 11) is 0. The van der Waals surface area contributed by atoms with Crippen LogP contribution in [0.25, 0.3) is 0 Å². The van der Waals surface area contributed by atoms with Crippen molar-refractivity contribution in [3.63, 3.8) is 0 Å². The fourth-order valence-corrected chi connectivity index (χ4v) is 2.67. The standard InChI is InChI=1S/C17H29N5O8S/c1-7(2)3-8(18)14(26)22-11(6-31)16(28)20-9(5-13(24)25)15(27)21-10(17(29)30)4-12(19)23/h7-11,31H,3-6,18H2,1-2H3,(H2,19,23)(H,20,28)(H,21,27)(H,22,26)(H,24,25)(H,29,30). The van der Waals surface area contributed by atoms with Crippen LogP contribution in [0.3, 0.4) is 0 Å². The van der Waals surface area contributed by atoms with Crippen molar-refractivity contribution in [2.75, 3.05) is 5.75 Å². The van der Waals surface area contributed by atoms with Gasteiger partial charge < -0.3 is 37.6 Å². The fourth-order valence-electron chi connectivity index (χ4n) is 2.42. The number of amides is 4. The normalized spacial score (nSPS) is 14.6. The number of hydrogen-bond acceptors (Lipinski definition) is 8. The molecule has 14 heteroatoms. The minimum absolute atomic E-state index is 0.121. The van der Waals surface area contributed by atoms with Gasteiger partial charge in [-0.25, -0.2) is 4.79 Å². The molecular formula is C17H29N5O8S. The van der Waals surface area contributed by atoms with Gasteiger partial charge in [0.15, 0.2) is 0 Å². The number of carboxylic acids is 2. The van der Waals surface area contributed by atoms with E-state index >= 15 is 0 Å². The Hall–Kier alpha value is -2.87. The van der Waals surface area contributed by atoms with Gasteiger partial charge in [0.25, 0.3) is 0 Å². The zero-order valence-electron chi connectivity index (χ0n) is 17.2. The van der Waals surface area contributed by atoms with Crippen molar-refractivity contribution in [1.29, 1.82) is 0 Å². The van der Waals surface area contributed by atoms with Gasteiger partial charge in [0, 0.05) is 5.75 Å². The SMILES string of the molecule is CC(C)CC(N)C(=O)NC(CS)C(=O)NC(CC(=O)O)C(=O)NC(CC(N)=O)C(=O)O. The Kier molecular flexibility index (Phi) is 12.2. The van der Waals surface area contributed by atoms with Crippen molar-refractivity contribution in [3.05, 3.63) is 0 Å². The van der Waals surface area contributed by atoms with E-state index in [1.807, 2.05) is 19.2 Å². The average molecular weight is 464 g/mol. The maximum absolute atomic E-state index is 12.5. The van der Waals surface area contributed by atoms with E-state index in [2.05, 4.69) is 23.3 Å². The van der Waals surface area contributed by atoms with Gasteiger partial charge in [-0.3, -0.25) is 24.0 Å². The molecule has 0 radical (unpaired) electrons. The molecule has 4 atom stereocenters. The molecule has 9 N–H and O–H groups in total. The number of aliphatic carboxylic acids is 2. The summed E-state index contributed by atoms with van der Waals surface area (Å²) in [5.74, 6) is -6.84. The summed E-state index contributed by atoms with van der Waals surface area (Å²) in [6, 6.07) is -5.53. The fraction of sp³-hybridized carbons (Fsp3) is 0.647. The van der Waals surface area contributed by atoms with E-state index in [1.165, 1.54) is 0 Å². The lowest BCUT2D eigenvalue weighted by atomic mass is 10.0. The highest BCUT2D eigenvalue weighted by atomic mass is 32.1. The number of carbonyl (C=O) groups is 6. The lowest BCUT2D eigenvalue weighted by molar-refractivity contribution is -0.144. The van der Waals surface area contributed by atoms with Crippen LogP contribution >= 0.6 is 12.6 Å². The number of nitrogens with two attached hydrogens (primary N) is 2. The van der Waals surface area contributed by atoms with Crippen LogP contribution in [0.4, 0.5) is 0 Å². The minimum Gasteiger partial charge on any atom is -0.481 e. The van der Waals surface area contributed by atoms with E-state index in [9.17, 15) is 28.8 Å². The largest absolute Gasteiger partial charge is 0.481 e. The molecule has 0 saturated heterocycles. The van der Waals surface area contributed by atoms with Crippen molar-refractivity contribution in [1.82, 2.24) is 16.0 Å². The molecule has 0 saturated carbocycles. The zero-order chi connectivity index (χ0) is 24.3. The lowest BCUT2D eigenvalue weighted by Gasteiger charge is -2.24. The first-order chi connectivity index (χ1) is 14.3. The molecule has 0 bridgehead atoms. The molecule has 0 rings (SSSR count). The molecule has 0 aromatic rings. The first-order valence-electron chi connectivity index (χ1n) is 9.28. The van der Waals surface area contributed by atoms with Crippen molar-refractivity contribution in [2.45, 2.75) is 57.3 Å². The van der Waals surface area contributed by atoms with Crippen molar-refractivity contribution in [2.24, 2.45) is 17.4 Å². The molecule has 0 heterocycles. The highest BCUT2D eigenvalue weighted by molar-refractivity contribution is 7.80. The van der Waals surface area contributed by atoms with Crippen LogP contribution in [0, 0.1) is 5.92 Å². The van der Waals surface area contributed by atoms with E-state index in [0.29, 0.717) is 6.42 Å². The number of primary amides is 1. The second-order valence-corrected chi connectivity index (χ2v) is 7.57. The van der Waals surface area contributed by atoms with Gasteiger partial charge in [-0.1, -0.05) is 13.8 Å². The second kappa shape index (κ2) is 13.4. The molecule has 0 fully saturated rings. The number of rotatable bonds is 14. The van der Waals surface area contributed by atoms with Crippen LogP contribution in [0.5, 0.6) is 0 Å². The van der Waals surface area contributed by atoms with Gasteiger partial charge in [0.1, 0.15) is 18.1 Å². The maximum Gasteiger partial charge on any atom is 0.326 e. The Balaban J connectivity index is 5.30. The molecule has 13 nitrogen and oxygen atoms in total. The monoisotopic (exact) mass is 463 g/mol. The van der Waals surface area contributed by atoms with Crippen molar-refractivity contribution in [3.8, 4) is 0 Å². The summed E-state index contributed by atoms with van der Waals surface area (Å²) in [4.78, 5) is 70.1. The van der Waals surface area contributed by atoms with E-state index in [0.717, 1.165) is 0 Å². The van der Waals surface area contributed by atoms with Gasteiger partial charge in [0.2, 0.25) is 23.6 Å². The highest BCUT2D eigenvalue weighted by Gasteiger charge is 2.31. The van der Waals surface area contributed by atoms with Crippen LogP contribution in [0.2, 0.25) is 0 Å². The Morgan fingerprint density at radius 2 is 1.32 bits per heavy atom. The smallest absolute Gasteiger partial charge is 0.326 e. The zero-order valence-corrected chi connectivity index (χ0v) is 18.1. The number of hydrogen-bond donors (Lipinski definition) is 8. The Bertz CT molecular complexity index is 702. The predicted octanol–water partition coefficient (Wildman–Crippen LogP) is -2.82. The minimum atomic E-state index is -1.72. The van der Waals surface area contributed by atoms with Crippen LogP contribution in [0.1, 0.15) is 33.1 Å². The topological polar surface area (TPSA) is 231 Å². The van der Waals surface area contributed by atoms with Crippen LogP contribution in [-0.2, 0) is 28.8 Å². The first-order valence-corrected chi connectivity index (χ1v) is 9.92. The molecule has 4 unspecified atom stereocenters.